The van der Waals surface area contributed by atoms with Crippen molar-refractivity contribution >= 4 is 27.6 Å². The second-order valence-electron chi connectivity index (χ2n) is 7.83. The Morgan fingerprint density at radius 2 is 1.97 bits per heavy atom. The Balaban J connectivity index is 1.75. The number of carbonyl (C=O) groups excluding carboxylic acids is 1. The fourth-order valence-electron chi connectivity index (χ4n) is 3.84. The smallest absolute Gasteiger partial charge is 0.334 e. The van der Waals surface area contributed by atoms with E-state index < -0.39 is 0 Å². The van der Waals surface area contributed by atoms with Crippen molar-refractivity contribution in [3.05, 3.63) is 106 Å². The van der Waals surface area contributed by atoms with Gasteiger partial charge in [-0.15, -0.1) is 0 Å². The number of allylic oxidation sites excluding steroid dienone is 5. The van der Waals surface area contributed by atoms with E-state index in [-0.39, 0.29) is 18.4 Å². The Labute approximate surface area is 207 Å². The number of rotatable bonds is 7. The van der Waals surface area contributed by atoms with Gasteiger partial charge in [-0.2, -0.15) is 0 Å². The van der Waals surface area contributed by atoms with Crippen molar-refractivity contribution in [1.29, 1.82) is 0 Å². The number of carbonyl (C=O) groups is 1. The minimum Gasteiger partial charge on any atom is -0.488 e. The van der Waals surface area contributed by atoms with Crippen LogP contribution in [0.4, 0.5) is 4.39 Å². The third kappa shape index (κ3) is 5.23. The van der Waals surface area contributed by atoms with Gasteiger partial charge in [0.05, 0.1) is 12.3 Å². The molecule has 1 aliphatic rings. The van der Waals surface area contributed by atoms with Crippen LogP contribution in [0, 0.1) is 12.7 Å². The van der Waals surface area contributed by atoms with Crippen LogP contribution in [0.25, 0.3) is 17.0 Å². The molecule has 0 unspecified atom stereocenters. The molecule has 34 heavy (non-hydrogen) atoms. The summed E-state index contributed by atoms with van der Waals surface area (Å²) in [6.45, 7) is 4.24. The molecule has 0 saturated heterocycles. The van der Waals surface area contributed by atoms with Crippen LogP contribution in [-0.4, -0.2) is 17.1 Å². The zero-order valence-corrected chi connectivity index (χ0v) is 20.6. The largest absolute Gasteiger partial charge is 0.488 e. The molecule has 0 fully saturated rings. The van der Waals surface area contributed by atoms with Crippen molar-refractivity contribution in [2.75, 3.05) is 6.61 Å². The fraction of sp³-hybridized carbons (Fsp3) is 0.179. The van der Waals surface area contributed by atoms with Gasteiger partial charge >= 0.3 is 5.97 Å². The quantitative estimate of drug-likeness (QED) is 0.308. The highest BCUT2D eigenvalue weighted by Gasteiger charge is 2.18. The van der Waals surface area contributed by atoms with Gasteiger partial charge < -0.3 is 14.0 Å². The van der Waals surface area contributed by atoms with Crippen molar-refractivity contribution < 1.29 is 18.7 Å². The second-order valence-corrected chi connectivity index (χ2v) is 8.75. The summed E-state index contributed by atoms with van der Waals surface area (Å²) in [6, 6.07) is 16.4. The summed E-state index contributed by atoms with van der Waals surface area (Å²) in [4.78, 5) is 12.4. The van der Waals surface area contributed by atoms with Crippen LogP contribution in [0.2, 0.25) is 0 Å². The van der Waals surface area contributed by atoms with Gasteiger partial charge in [0.25, 0.3) is 0 Å². The van der Waals surface area contributed by atoms with Gasteiger partial charge in [-0.25, -0.2) is 9.18 Å². The number of hydrogen-bond donors (Lipinski definition) is 0. The number of hydrogen-bond acceptors (Lipinski definition) is 3. The molecule has 1 heterocycles. The molecule has 0 spiro atoms. The van der Waals surface area contributed by atoms with Crippen molar-refractivity contribution in [3.8, 4) is 17.0 Å². The molecule has 3 aromatic rings. The lowest BCUT2D eigenvalue weighted by atomic mass is 10.1. The molecule has 0 bridgehead atoms. The molecule has 174 valence electrons. The monoisotopic (exact) mass is 521 g/mol. The van der Waals surface area contributed by atoms with E-state index in [1.54, 1.807) is 25.1 Å². The van der Waals surface area contributed by atoms with Crippen LogP contribution in [0.5, 0.6) is 5.75 Å². The highest BCUT2D eigenvalue weighted by Crippen LogP contribution is 2.37. The van der Waals surface area contributed by atoms with Crippen LogP contribution in [-0.2, 0) is 16.1 Å². The lowest BCUT2D eigenvalue weighted by molar-refractivity contribution is -0.138. The average Bonchev–Trinajstić information content (AvgIpc) is 3.04. The Kier molecular flexibility index (Phi) is 7.48. The molecule has 0 atom stereocenters. The zero-order chi connectivity index (χ0) is 24.1. The third-order valence-corrected chi connectivity index (χ3v) is 5.99. The number of esters is 1. The summed E-state index contributed by atoms with van der Waals surface area (Å²) < 4.78 is 28.4. The topological polar surface area (TPSA) is 40.5 Å². The zero-order valence-electron chi connectivity index (χ0n) is 19.1. The summed E-state index contributed by atoms with van der Waals surface area (Å²) in [5.41, 5.74) is 4.65. The van der Waals surface area contributed by atoms with Crippen LogP contribution in [0.15, 0.2) is 88.9 Å². The average molecular weight is 522 g/mol. The summed E-state index contributed by atoms with van der Waals surface area (Å²) in [7, 11) is 0. The van der Waals surface area contributed by atoms with E-state index in [0.29, 0.717) is 29.9 Å². The SMILES string of the molecule is CCOC(=O)C1=CC(n2c(C)ccc2-c2cc(Br)ccc2OCc2ccccc2F)=CC=CC1. The molecule has 0 amide bonds. The molecule has 0 radical (unpaired) electrons. The Hall–Kier alpha value is -3.38. The normalized spacial score (nSPS) is 13.2. The molecule has 1 aliphatic carbocycles. The highest BCUT2D eigenvalue weighted by molar-refractivity contribution is 9.10. The van der Waals surface area contributed by atoms with Crippen molar-refractivity contribution in [2.24, 2.45) is 0 Å². The molecule has 1 aromatic heterocycles. The van der Waals surface area contributed by atoms with Crippen LogP contribution in [0.3, 0.4) is 0 Å². The molecule has 0 saturated carbocycles. The number of nitrogens with zero attached hydrogens (tertiary/aromatic N) is 1. The van der Waals surface area contributed by atoms with E-state index in [4.69, 9.17) is 9.47 Å². The maximum absolute atomic E-state index is 14.1. The molecular weight excluding hydrogens is 497 g/mol. The summed E-state index contributed by atoms with van der Waals surface area (Å²) in [5.74, 6) is 0.0141. The Morgan fingerprint density at radius 3 is 2.76 bits per heavy atom. The number of aryl methyl sites for hydroxylation is 1. The van der Waals surface area contributed by atoms with Gasteiger partial charge in [-0.1, -0.05) is 46.3 Å². The van der Waals surface area contributed by atoms with Crippen LogP contribution < -0.4 is 4.74 Å². The van der Waals surface area contributed by atoms with E-state index in [9.17, 15) is 9.18 Å². The van der Waals surface area contributed by atoms with Crippen molar-refractivity contribution in [3.63, 3.8) is 0 Å². The predicted octanol–water partition coefficient (Wildman–Crippen LogP) is 7.23. The van der Waals surface area contributed by atoms with Crippen LogP contribution in [0.1, 0.15) is 24.6 Å². The lowest BCUT2D eigenvalue weighted by Crippen LogP contribution is -2.08. The minimum atomic E-state index is -0.317. The molecule has 4 rings (SSSR count). The van der Waals surface area contributed by atoms with Gasteiger partial charge in [0.15, 0.2) is 0 Å². The van der Waals surface area contributed by atoms with Crippen molar-refractivity contribution in [1.82, 2.24) is 4.57 Å². The lowest BCUT2D eigenvalue weighted by Gasteiger charge is -2.17. The van der Waals surface area contributed by atoms with E-state index in [1.165, 1.54) is 6.07 Å². The molecule has 0 N–H and O–H groups in total. The molecule has 4 nitrogen and oxygen atoms in total. The van der Waals surface area contributed by atoms with Crippen LogP contribution >= 0.6 is 15.9 Å². The first-order chi connectivity index (χ1) is 16.5. The van der Waals surface area contributed by atoms with Crippen molar-refractivity contribution in [2.45, 2.75) is 26.9 Å². The third-order valence-electron chi connectivity index (χ3n) is 5.49. The summed E-state index contributed by atoms with van der Waals surface area (Å²) in [6.07, 6.45) is 8.23. The number of aromatic nitrogens is 1. The maximum atomic E-state index is 14.1. The van der Waals surface area contributed by atoms with E-state index in [1.807, 2.05) is 61.6 Å². The van der Waals surface area contributed by atoms with Gasteiger partial charge in [0.1, 0.15) is 18.2 Å². The van der Waals surface area contributed by atoms with E-state index >= 15 is 0 Å². The van der Waals surface area contributed by atoms with E-state index in [2.05, 4.69) is 20.5 Å². The molecule has 0 aliphatic heterocycles. The molecule has 2 aromatic carbocycles. The number of ether oxygens (including phenoxy) is 2. The van der Waals surface area contributed by atoms with E-state index in [0.717, 1.165) is 27.1 Å². The van der Waals surface area contributed by atoms with Gasteiger partial charge in [0, 0.05) is 32.6 Å². The fourth-order valence-corrected chi connectivity index (χ4v) is 4.20. The maximum Gasteiger partial charge on any atom is 0.334 e. The number of benzene rings is 2. The first-order valence-corrected chi connectivity index (χ1v) is 11.9. The molecular formula is C28H25BrFNO3. The minimum absolute atomic E-state index is 0.110. The van der Waals surface area contributed by atoms with Gasteiger partial charge in [-0.3, -0.25) is 0 Å². The van der Waals surface area contributed by atoms with Gasteiger partial charge in [-0.05, 0) is 68.8 Å². The summed E-state index contributed by atoms with van der Waals surface area (Å²) in [5, 5.41) is 0. The first-order valence-electron chi connectivity index (χ1n) is 11.1. The Morgan fingerprint density at radius 1 is 1.15 bits per heavy atom. The Bertz CT molecular complexity index is 1300. The first kappa shape index (κ1) is 23.8. The van der Waals surface area contributed by atoms with Gasteiger partial charge in [0.2, 0.25) is 0 Å². The predicted molar refractivity (Wildman–Crippen MR) is 136 cm³/mol. The summed E-state index contributed by atoms with van der Waals surface area (Å²) >= 11 is 3.56. The standard InChI is InChI=1S/C28H25BrFNO3/c1-3-33-28(32)20-8-4-6-10-23(16-20)31-19(2)12-14-26(31)24-17-22(29)13-15-27(24)34-18-21-9-5-7-11-25(21)30/h4-7,9-17H,3,8,18H2,1-2H3. The highest BCUT2D eigenvalue weighted by atomic mass is 79.9. The second kappa shape index (κ2) is 10.7. The molecule has 6 heteroatoms. The number of halogens is 2.